The molecule has 138 valence electrons. The Hall–Kier alpha value is -2.31. The van der Waals surface area contributed by atoms with Crippen molar-refractivity contribution in [2.24, 2.45) is 0 Å². The van der Waals surface area contributed by atoms with Crippen LogP contribution in [0, 0.1) is 0 Å². The molecule has 2 N–H and O–H groups in total. The van der Waals surface area contributed by atoms with Crippen LogP contribution in [0.15, 0.2) is 48.5 Å². The predicted molar refractivity (Wildman–Crippen MR) is 108 cm³/mol. The van der Waals surface area contributed by atoms with Crippen molar-refractivity contribution in [1.82, 2.24) is 4.90 Å². The lowest BCUT2D eigenvalue weighted by molar-refractivity contribution is -0.917. The molecular weight excluding hydrogens is 346 g/mol. The molecule has 26 heavy (non-hydrogen) atoms. The lowest BCUT2D eigenvalue weighted by Gasteiger charge is -2.34. The highest BCUT2D eigenvalue weighted by molar-refractivity contribution is 7.80. The molecule has 1 aliphatic rings. The lowest BCUT2D eigenvalue weighted by atomic mass is 10.2. The highest BCUT2D eigenvalue weighted by Crippen LogP contribution is 2.29. The molecule has 0 aromatic heterocycles. The number of benzene rings is 2. The summed E-state index contributed by atoms with van der Waals surface area (Å²) in [5.74, 6) is 1.52. The topological polar surface area (TPSA) is 38.2 Å². The van der Waals surface area contributed by atoms with Gasteiger partial charge in [0.15, 0.2) is 5.11 Å². The van der Waals surface area contributed by atoms with Crippen LogP contribution in [0.2, 0.25) is 0 Å². The third-order valence-corrected chi connectivity index (χ3v) is 5.06. The van der Waals surface area contributed by atoms with Crippen molar-refractivity contribution >= 4 is 23.0 Å². The summed E-state index contributed by atoms with van der Waals surface area (Å²) in [4.78, 5) is 3.82. The molecular formula is C20H26N3O2S+. The Morgan fingerprint density at radius 2 is 1.81 bits per heavy atom. The summed E-state index contributed by atoms with van der Waals surface area (Å²) in [5, 5.41) is 4.05. The number of rotatable bonds is 5. The second kappa shape index (κ2) is 8.87. The molecule has 0 radical (unpaired) electrons. The zero-order valence-corrected chi connectivity index (χ0v) is 16.1. The number of anilines is 1. The van der Waals surface area contributed by atoms with Gasteiger partial charge in [-0.25, -0.2) is 0 Å². The van der Waals surface area contributed by atoms with Gasteiger partial charge in [0.2, 0.25) is 0 Å². The summed E-state index contributed by atoms with van der Waals surface area (Å²) in [6.45, 7) is 5.11. The van der Waals surface area contributed by atoms with Crippen LogP contribution in [0.5, 0.6) is 11.5 Å². The minimum absolute atomic E-state index is 0.732. The Labute approximate surface area is 160 Å². The molecule has 1 aliphatic heterocycles. The van der Waals surface area contributed by atoms with Crippen molar-refractivity contribution in [3.05, 3.63) is 54.1 Å². The van der Waals surface area contributed by atoms with Gasteiger partial charge in [-0.1, -0.05) is 30.3 Å². The zero-order valence-electron chi connectivity index (χ0n) is 15.3. The predicted octanol–water partition coefficient (Wildman–Crippen LogP) is 1.80. The van der Waals surface area contributed by atoms with Gasteiger partial charge in [-0.3, -0.25) is 0 Å². The lowest BCUT2D eigenvalue weighted by Crippen LogP contribution is -3.13. The van der Waals surface area contributed by atoms with E-state index in [0.29, 0.717) is 0 Å². The van der Waals surface area contributed by atoms with Gasteiger partial charge >= 0.3 is 0 Å². The smallest absolute Gasteiger partial charge is 0.173 e. The first-order valence-corrected chi connectivity index (χ1v) is 9.26. The standard InChI is InChI=1S/C20H25N3O2S/c1-24-17-8-9-19(25-2)18(14-17)21-20(26)23-12-10-22(11-13-23)15-16-6-4-3-5-7-16/h3-9,14H,10-13,15H2,1-2H3,(H,21,26)/p+1. The van der Waals surface area contributed by atoms with Crippen molar-refractivity contribution in [1.29, 1.82) is 0 Å². The van der Waals surface area contributed by atoms with E-state index >= 15 is 0 Å². The molecule has 1 fully saturated rings. The first-order valence-electron chi connectivity index (χ1n) is 8.85. The van der Waals surface area contributed by atoms with E-state index in [1.807, 2.05) is 18.2 Å². The van der Waals surface area contributed by atoms with E-state index in [-0.39, 0.29) is 0 Å². The van der Waals surface area contributed by atoms with Crippen molar-refractivity contribution in [2.75, 3.05) is 45.7 Å². The first-order chi connectivity index (χ1) is 12.7. The number of hydrogen-bond donors (Lipinski definition) is 2. The third kappa shape index (κ3) is 4.65. The van der Waals surface area contributed by atoms with Crippen LogP contribution < -0.4 is 19.7 Å². The molecule has 0 unspecified atom stereocenters. The molecule has 1 heterocycles. The number of nitrogens with zero attached hydrogens (tertiary/aromatic N) is 1. The fourth-order valence-corrected chi connectivity index (χ4v) is 3.49. The summed E-state index contributed by atoms with van der Waals surface area (Å²) >= 11 is 5.62. The van der Waals surface area contributed by atoms with Gasteiger partial charge in [0, 0.05) is 11.6 Å². The van der Waals surface area contributed by atoms with E-state index in [4.69, 9.17) is 21.7 Å². The van der Waals surface area contributed by atoms with E-state index in [9.17, 15) is 0 Å². The second-order valence-electron chi connectivity index (χ2n) is 6.40. The average molecular weight is 373 g/mol. The van der Waals surface area contributed by atoms with Crippen molar-refractivity contribution < 1.29 is 14.4 Å². The van der Waals surface area contributed by atoms with Gasteiger partial charge < -0.3 is 24.6 Å². The van der Waals surface area contributed by atoms with E-state index in [0.717, 1.165) is 55.0 Å². The minimum Gasteiger partial charge on any atom is -0.497 e. The molecule has 0 bridgehead atoms. The van der Waals surface area contributed by atoms with Crippen LogP contribution in [0.1, 0.15) is 5.56 Å². The van der Waals surface area contributed by atoms with Crippen LogP contribution in [0.4, 0.5) is 5.69 Å². The Morgan fingerprint density at radius 1 is 1.08 bits per heavy atom. The highest BCUT2D eigenvalue weighted by atomic mass is 32.1. The number of piperazine rings is 1. The molecule has 0 saturated carbocycles. The monoisotopic (exact) mass is 372 g/mol. The molecule has 5 nitrogen and oxygen atoms in total. The van der Waals surface area contributed by atoms with Crippen molar-refractivity contribution in [3.8, 4) is 11.5 Å². The Balaban J connectivity index is 1.55. The van der Waals surface area contributed by atoms with Crippen LogP contribution in [-0.4, -0.2) is 50.4 Å². The van der Waals surface area contributed by atoms with Crippen molar-refractivity contribution in [3.63, 3.8) is 0 Å². The summed E-state index contributed by atoms with van der Waals surface area (Å²) in [5.41, 5.74) is 2.22. The SMILES string of the molecule is COc1ccc(OC)c(NC(=S)N2CC[NH+](Cc3ccccc3)CC2)c1. The fraction of sp³-hybridized carbons (Fsp3) is 0.350. The van der Waals surface area contributed by atoms with Crippen LogP contribution in [-0.2, 0) is 6.54 Å². The van der Waals surface area contributed by atoms with Gasteiger partial charge in [0.1, 0.15) is 18.0 Å². The molecule has 6 heteroatoms. The first kappa shape index (κ1) is 18.5. The van der Waals surface area contributed by atoms with Crippen LogP contribution in [0.25, 0.3) is 0 Å². The van der Waals surface area contributed by atoms with Gasteiger partial charge in [0.05, 0.1) is 46.1 Å². The van der Waals surface area contributed by atoms with E-state index < -0.39 is 0 Å². The van der Waals surface area contributed by atoms with E-state index in [2.05, 4.69) is 40.5 Å². The summed E-state index contributed by atoms with van der Waals surface area (Å²) < 4.78 is 10.7. The normalized spacial score (nSPS) is 14.8. The summed E-state index contributed by atoms with van der Waals surface area (Å²) in [6, 6.07) is 16.3. The van der Waals surface area contributed by atoms with Gasteiger partial charge in [-0.05, 0) is 24.4 Å². The molecule has 0 aliphatic carbocycles. The molecule has 0 amide bonds. The van der Waals surface area contributed by atoms with Crippen LogP contribution >= 0.6 is 12.2 Å². The summed E-state index contributed by atoms with van der Waals surface area (Å²) in [7, 11) is 3.31. The number of methoxy groups -OCH3 is 2. The second-order valence-corrected chi connectivity index (χ2v) is 6.78. The molecule has 2 aromatic rings. The Bertz CT molecular complexity index is 731. The minimum atomic E-state index is 0.732. The van der Waals surface area contributed by atoms with Gasteiger partial charge in [-0.2, -0.15) is 0 Å². The number of quaternary nitrogens is 1. The molecule has 0 spiro atoms. The maximum absolute atomic E-state index is 5.62. The average Bonchev–Trinajstić information content (AvgIpc) is 2.69. The maximum atomic E-state index is 5.62. The van der Waals surface area contributed by atoms with Gasteiger partial charge in [0.25, 0.3) is 0 Å². The van der Waals surface area contributed by atoms with E-state index in [1.54, 1.807) is 19.1 Å². The largest absolute Gasteiger partial charge is 0.497 e. The Kier molecular flexibility index (Phi) is 6.30. The number of thiocarbonyl (C=S) groups is 1. The van der Waals surface area contributed by atoms with Gasteiger partial charge in [-0.15, -0.1) is 0 Å². The van der Waals surface area contributed by atoms with E-state index in [1.165, 1.54) is 5.56 Å². The molecule has 2 aromatic carbocycles. The number of nitrogens with one attached hydrogen (secondary N) is 2. The van der Waals surface area contributed by atoms with Crippen molar-refractivity contribution in [2.45, 2.75) is 6.54 Å². The number of ether oxygens (including phenoxy) is 2. The summed E-state index contributed by atoms with van der Waals surface area (Å²) in [6.07, 6.45) is 0. The maximum Gasteiger partial charge on any atom is 0.173 e. The fourth-order valence-electron chi connectivity index (χ4n) is 3.19. The number of hydrogen-bond acceptors (Lipinski definition) is 3. The zero-order chi connectivity index (χ0) is 18.4. The molecule has 3 rings (SSSR count). The highest BCUT2D eigenvalue weighted by Gasteiger charge is 2.22. The van der Waals surface area contributed by atoms with Crippen LogP contribution in [0.3, 0.4) is 0 Å². The quantitative estimate of drug-likeness (QED) is 0.783. The Morgan fingerprint density at radius 3 is 2.46 bits per heavy atom. The molecule has 1 saturated heterocycles. The third-order valence-electron chi connectivity index (χ3n) is 4.70. The molecule has 0 atom stereocenters.